The van der Waals surface area contributed by atoms with Gasteiger partial charge in [0, 0.05) is 50.5 Å². The number of hydrogen-bond acceptors (Lipinski definition) is 8. The number of fused-ring (bicyclic) bond motifs is 1. The van der Waals surface area contributed by atoms with Crippen molar-refractivity contribution in [2.45, 2.75) is 69.7 Å². The van der Waals surface area contributed by atoms with Gasteiger partial charge in [-0.3, -0.25) is 14.6 Å². The van der Waals surface area contributed by atoms with Crippen molar-refractivity contribution >= 4 is 10.9 Å². The molecule has 2 aliphatic heterocycles. The van der Waals surface area contributed by atoms with Crippen molar-refractivity contribution in [1.82, 2.24) is 35.0 Å². The monoisotopic (exact) mass is 507 g/mol. The summed E-state index contributed by atoms with van der Waals surface area (Å²) in [7, 11) is 1.63. The third-order valence-electron chi connectivity index (χ3n) is 8.39. The minimum Gasteiger partial charge on any atom is -0.497 e. The van der Waals surface area contributed by atoms with Gasteiger partial charge >= 0.3 is 0 Å². The SMILES string of the molecule is COc1ccc2cc(C(c3nnnn3CC3CCCO3)N3CCN(C4CCCCC4)CC3)c(=O)[nH]c2c1. The molecular weight excluding hydrogens is 470 g/mol. The lowest BCUT2D eigenvalue weighted by molar-refractivity contribution is 0.0593. The second-order valence-corrected chi connectivity index (χ2v) is 10.6. The number of hydrogen-bond donors (Lipinski definition) is 1. The predicted molar refractivity (Wildman–Crippen MR) is 140 cm³/mol. The molecule has 0 radical (unpaired) electrons. The molecular formula is C27H37N7O3. The fourth-order valence-electron chi connectivity index (χ4n) is 6.35. The zero-order chi connectivity index (χ0) is 25.2. The summed E-state index contributed by atoms with van der Waals surface area (Å²) in [5.74, 6) is 1.42. The molecule has 1 saturated carbocycles. The second kappa shape index (κ2) is 10.9. The summed E-state index contributed by atoms with van der Waals surface area (Å²) in [6, 6.07) is 8.13. The Morgan fingerprint density at radius 1 is 1.08 bits per heavy atom. The van der Waals surface area contributed by atoms with Gasteiger partial charge < -0.3 is 14.5 Å². The number of methoxy groups -OCH3 is 1. The van der Waals surface area contributed by atoms with E-state index < -0.39 is 0 Å². The molecule has 37 heavy (non-hydrogen) atoms. The Morgan fingerprint density at radius 3 is 2.68 bits per heavy atom. The van der Waals surface area contributed by atoms with Gasteiger partial charge in [-0.15, -0.1) is 5.10 Å². The van der Waals surface area contributed by atoms with Gasteiger partial charge in [0.15, 0.2) is 5.82 Å². The lowest BCUT2D eigenvalue weighted by atomic mass is 9.93. The fraction of sp³-hybridized carbons (Fsp3) is 0.630. The van der Waals surface area contributed by atoms with Crippen molar-refractivity contribution in [3.05, 3.63) is 46.0 Å². The number of tetrazole rings is 1. The Hall–Kier alpha value is -2.82. The van der Waals surface area contributed by atoms with E-state index >= 15 is 0 Å². The number of rotatable bonds is 7. The van der Waals surface area contributed by atoms with Crippen molar-refractivity contribution in [2.24, 2.45) is 0 Å². The first-order valence-electron chi connectivity index (χ1n) is 13.8. The minimum atomic E-state index is -0.333. The molecule has 10 heteroatoms. The zero-order valence-electron chi connectivity index (χ0n) is 21.6. The van der Waals surface area contributed by atoms with Crippen LogP contribution in [0, 0.1) is 0 Å². The summed E-state index contributed by atoms with van der Waals surface area (Å²) in [5.41, 5.74) is 1.31. The lowest BCUT2D eigenvalue weighted by Crippen LogP contribution is -2.52. The van der Waals surface area contributed by atoms with Crippen LogP contribution < -0.4 is 10.3 Å². The van der Waals surface area contributed by atoms with Gasteiger partial charge in [0.25, 0.3) is 5.56 Å². The fourth-order valence-corrected chi connectivity index (χ4v) is 6.35. The van der Waals surface area contributed by atoms with Crippen LogP contribution in [-0.4, -0.2) is 87.0 Å². The molecule has 3 aliphatic rings. The van der Waals surface area contributed by atoms with E-state index in [4.69, 9.17) is 9.47 Å². The Balaban J connectivity index is 1.34. The van der Waals surface area contributed by atoms with Gasteiger partial charge in [-0.2, -0.15) is 0 Å². The highest BCUT2D eigenvalue weighted by Gasteiger charge is 2.35. The van der Waals surface area contributed by atoms with Crippen LogP contribution in [0.4, 0.5) is 0 Å². The van der Waals surface area contributed by atoms with Crippen LogP contribution in [0.3, 0.4) is 0 Å². The van der Waals surface area contributed by atoms with E-state index in [0.717, 1.165) is 56.5 Å². The molecule has 3 aromatic rings. The van der Waals surface area contributed by atoms with Crippen LogP contribution in [0.2, 0.25) is 0 Å². The number of aromatic amines is 1. The van der Waals surface area contributed by atoms with Gasteiger partial charge in [-0.1, -0.05) is 19.3 Å². The standard InChI is InChI=1S/C27H37N7O3/c1-36-21-10-9-19-16-23(27(35)28-24(19)17-21)25(26-29-30-31-34(26)18-22-8-5-15-37-22)33-13-11-32(12-14-33)20-6-3-2-4-7-20/h9-10,16-17,20,22,25H,2-8,11-15,18H2,1H3,(H,28,35). The maximum Gasteiger partial charge on any atom is 0.253 e. The molecule has 1 N–H and O–H groups in total. The summed E-state index contributed by atoms with van der Waals surface area (Å²) in [6.45, 7) is 5.11. The first-order chi connectivity index (χ1) is 18.2. The van der Waals surface area contributed by atoms with Crippen molar-refractivity contribution in [3.8, 4) is 5.75 Å². The van der Waals surface area contributed by atoms with E-state index in [1.54, 1.807) is 7.11 Å². The molecule has 2 aromatic heterocycles. The van der Waals surface area contributed by atoms with Gasteiger partial charge in [0.2, 0.25) is 0 Å². The highest BCUT2D eigenvalue weighted by molar-refractivity contribution is 5.80. The number of benzene rings is 1. The molecule has 0 amide bonds. The van der Waals surface area contributed by atoms with Gasteiger partial charge in [0.1, 0.15) is 11.8 Å². The predicted octanol–water partition coefficient (Wildman–Crippen LogP) is 2.74. The number of ether oxygens (including phenoxy) is 2. The maximum absolute atomic E-state index is 13.5. The third-order valence-corrected chi connectivity index (χ3v) is 8.39. The van der Waals surface area contributed by atoms with Crippen molar-refractivity contribution in [2.75, 3.05) is 39.9 Å². The topological polar surface area (TPSA) is 101 Å². The Kier molecular flexibility index (Phi) is 7.21. The third kappa shape index (κ3) is 5.15. The average Bonchev–Trinajstić information content (AvgIpc) is 3.63. The molecule has 3 fully saturated rings. The van der Waals surface area contributed by atoms with Crippen LogP contribution in [0.5, 0.6) is 5.75 Å². The highest BCUT2D eigenvalue weighted by atomic mass is 16.5. The first kappa shape index (κ1) is 24.5. The van der Waals surface area contributed by atoms with E-state index in [1.165, 1.54) is 32.1 Å². The maximum atomic E-state index is 13.5. The Bertz CT molecular complexity index is 1250. The van der Waals surface area contributed by atoms with Crippen LogP contribution >= 0.6 is 0 Å². The summed E-state index contributed by atoms with van der Waals surface area (Å²) < 4.78 is 13.1. The van der Waals surface area contributed by atoms with Crippen LogP contribution in [0.1, 0.15) is 62.4 Å². The number of piperazine rings is 1. The van der Waals surface area contributed by atoms with E-state index in [-0.39, 0.29) is 17.7 Å². The van der Waals surface area contributed by atoms with Crippen molar-refractivity contribution < 1.29 is 9.47 Å². The molecule has 0 bridgehead atoms. The molecule has 6 rings (SSSR count). The Labute approximate surface area is 216 Å². The first-order valence-corrected chi connectivity index (χ1v) is 13.8. The van der Waals surface area contributed by atoms with Gasteiger partial charge in [-0.25, -0.2) is 4.68 Å². The molecule has 4 heterocycles. The van der Waals surface area contributed by atoms with Crippen LogP contribution in [0.15, 0.2) is 29.1 Å². The number of H-pyrrole nitrogens is 1. The molecule has 2 saturated heterocycles. The van der Waals surface area contributed by atoms with Crippen molar-refractivity contribution in [1.29, 1.82) is 0 Å². The summed E-state index contributed by atoms with van der Waals surface area (Å²) in [5, 5.41) is 13.8. The van der Waals surface area contributed by atoms with E-state index in [9.17, 15) is 4.79 Å². The summed E-state index contributed by atoms with van der Waals surface area (Å²) >= 11 is 0. The zero-order valence-corrected chi connectivity index (χ0v) is 21.6. The largest absolute Gasteiger partial charge is 0.497 e. The van der Waals surface area contributed by atoms with E-state index in [0.29, 0.717) is 29.7 Å². The molecule has 1 aromatic carbocycles. The number of aromatic nitrogens is 5. The average molecular weight is 508 g/mol. The van der Waals surface area contributed by atoms with E-state index in [1.807, 2.05) is 28.9 Å². The molecule has 2 atom stereocenters. The van der Waals surface area contributed by atoms with Crippen LogP contribution in [-0.2, 0) is 11.3 Å². The highest BCUT2D eigenvalue weighted by Crippen LogP contribution is 2.31. The molecule has 2 unspecified atom stereocenters. The number of nitrogens with zero attached hydrogens (tertiary/aromatic N) is 6. The summed E-state index contributed by atoms with van der Waals surface area (Å²) in [4.78, 5) is 21.7. The number of nitrogens with one attached hydrogen (secondary N) is 1. The van der Waals surface area contributed by atoms with E-state index in [2.05, 4.69) is 30.3 Å². The number of pyridine rings is 1. The van der Waals surface area contributed by atoms with Gasteiger partial charge in [0.05, 0.1) is 25.3 Å². The van der Waals surface area contributed by atoms with Crippen molar-refractivity contribution in [3.63, 3.8) is 0 Å². The second-order valence-electron chi connectivity index (χ2n) is 10.6. The van der Waals surface area contributed by atoms with Crippen LogP contribution in [0.25, 0.3) is 10.9 Å². The Morgan fingerprint density at radius 2 is 1.92 bits per heavy atom. The smallest absolute Gasteiger partial charge is 0.253 e. The lowest BCUT2D eigenvalue weighted by Gasteiger charge is -2.43. The summed E-state index contributed by atoms with van der Waals surface area (Å²) in [6.07, 6.45) is 8.81. The van der Waals surface area contributed by atoms with Gasteiger partial charge in [-0.05, 0) is 59.7 Å². The molecule has 198 valence electrons. The molecule has 10 nitrogen and oxygen atoms in total. The molecule has 0 spiro atoms. The minimum absolute atomic E-state index is 0.105. The normalized spacial score (nSPS) is 23.0. The molecule has 1 aliphatic carbocycles. The quantitative estimate of drug-likeness (QED) is 0.521.